The summed E-state index contributed by atoms with van der Waals surface area (Å²) in [5.41, 5.74) is 0.963. The van der Waals surface area contributed by atoms with Crippen LogP contribution in [0.25, 0.3) is 0 Å². The molecule has 1 aromatic heterocycles. The summed E-state index contributed by atoms with van der Waals surface area (Å²) < 4.78 is 0. The number of nitrogens with zero attached hydrogens (tertiary/aromatic N) is 1. The number of carbonyl (C=O) groups excluding carboxylic acids is 2. The van der Waals surface area contributed by atoms with Crippen molar-refractivity contribution >= 4 is 34.3 Å². The maximum atomic E-state index is 12.1. The van der Waals surface area contributed by atoms with Crippen LogP contribution in [0.1, 0.15) is 31.1 Å². The van der Waals surface area contributed by atoms with Crippen molar-refractivity contribution in [3.05, 3.63) is 47.0 Å². The second-order valence-electron chi connectivity index (χ2n) is 5.71. The molecular formula is C17H19N3O4S. The first-order valence-electron chi connectivity index (χ1n) is 7.69. The molecule has 2 amide bonds. The van der Waals surface area contributed by atoms with Gasteiger partial charge in [-0.15, -0.1) is 11.3 Å². The Morgan fingerprint density at radius 1 is 1.20 bits per heavy atom. The highest BCUT2D eigenvalue weighted by atomic mass is 32.1. The monoisotopic (exact) mass is 361 g/mol. The first-order chi connectivity index (χ1) is 11.9. The van der Waals surface area contributed by atoms with Crippen LogP contribution in [0, 0.1) is 5.92 Å². The highest BCUT2D eigenvalue weighted by Gasteiger charge is 2.22. The number of amides is 2. The number of rotatable bonds is 7. The van der Waals surface area contributed by atoms with Crippen LogP contribution in [-0.4, -0.2) is 27.9 Å². The largest absolute Gasteiger partial charge is 0.479 e. The van der Waals surface area contributed by atoms with Gasteiger partial charge in [0.05, 0.1) is 12.1 Å². The van der Waals surface area contributed by atoms with Crippen LogP contribution < -0.4 is 10.6 Å². The molecular weight excluding hydrogens is 342 g/mol. The Balaban J connectivity index is 1.98. The molecule has 0 aliphatic rings. The van der Waals surface area contributed by atoms with Gasteiger partial charge in [0.1, 0.15) is 0 Å². The van der Waals surface area contributed by atoms with E-state index in [9.17, 15) is 19.5 Å². The van der Waals surface area contributed by atoms with Crippen molar-refractivity contribution in [3.63, 3.8) is 0 Å². The number of carbonyl (C=O) groups is 3. The molecule has 0 saturated carbocycles. The molecule has 7 nitrogen and oxygen atoms in total. The number of hydrogen-bond acceptors (Lipinski definition) is 5. The summed E-state index contributed by atoms with van der Waals surface area (Å²) in [4.78, 5) is 39.4. The number of carboxylic acids is 1. The Bertz CT molecular complexity index is 758. The summed E-state index contributed by atoms with van der Waals surface area (Å²) in [7, 11) is 0. The van der Waals surface area contributed by atoms with Gasteiger partial charge in [0.2, 0.25) is 11.8 Å². The van der Waals surface area contributed by atoms with Gasteiger partial charge in [-0.1, -0.05) is 44.2 Å². The number of nitrogens with one attached hydrogen (secondary N) is 2. The molecule has 2 rings (SSSR count). The summed E-state index contributed by atoms with van der Waals surface area (Å²) in [6.07, 6.45) is -0.0648. The number of benzene rings is 1. The Kier molecular flexibility index (Phi) is 6.24. The normalized spacial score (nSPS) is 11.8. The van der Waals surface area contributed by atoms with Crippen molar-refractivity contribution in [2.24, 2.45) is 5.92 Å². The Labute approximate surface area is 149 Å². The summed E-state index contributed by atoms with van der Waals surface area (Å²) in [6, 6.07) is 7.35. The lowest BCUT2D eigenvalue weighted by molar-refractivity contribution is -0.142. The van der Waals surface area contributed by atoms with E-state index in [1.807, 2.05) is 0 Å². The van der Waals surface area contributed by atoms with Gasteiger partial charge in [-0.05, 0) is 5.56 Å². The zero-order valence-corrected chi connectivity index (χ0v) is 14.7. The number of aromatic nitrogens is 1. The van der Waals surface area contributed by atoms with Crippen LogP contribution >= 0.6 is 11.3 Å². The molecule has 132 valence electrons. The molecule has 0 bridgehead atoms. The van der Waals surface area contributed by atoms with Gasteiger partial charge >= 0.3 is 5.97 Å². The fraction of sp³-hybridized carbons (Fsp3) is 0.294. The van der Waals surface area contributed by atoms with Crippen LogP contribution in [0.3, 0.4) is 0 Å². The minimum Gasteiger partial charge on any atom is -0.479 e. The molecule has 1 aromatic carbocycles. The predicted molar refractivity (Wildman–Crippen MR) is 94.2 cm³/mol. The molecule has 2 aromatic rings. The van der Waals surface area contributed by atoms with Crippen molar-refractivity contribution in [2.75, 3.05) is 5.32 Å². The van der Waals surface area contributed by atoms with Crippen LogP contribution in [0.5, 0.6) is 0 Å². The summed E-state index contributed by atoms with van der Waals surface area (Å²) in [6.45, 7) is 3.54. The molecule has 0 fully saturated rings. The van der Waals surface area contributed by atoms with E-state index in [0.717, 1.165) is 0 Å². The Morgan fingerprint density at radius 2 is 1.88 bits per heavy atom. The highest BCUT2D eigenvalue weighted by molar-refractivity contribution is 7.13. The van der Waals surface area contributed by atoms with Crippen molar-refractivity contribution in [2.45, 2.75) is 26.3 Å². The van der Waals surface area contributed by atoms with Crippen molar-refractivity contribution < 1.29 is 19.5 Å². The lowest BCUT2D eigenvalue weighted by Crippen LogP contribution is -2.34. The van der Waals surface area contributed by atoms with Gasteiger partial charge < -0.3 is 15.7 Å². The molecule has 0 aliphatic carbocycles. The van der Waals surface area contributed by atoms with Crippen molar-refractivity contribution in [3.8, 4) is 0 Å². The zero-order chi connectivity index (χ0) is 18.4. The fourth-order valence-electron chi connectivity index (χ4n) is 2.00. The lowest BCUT2D eigenvalue weighted by atomic mass is 10.1. The first-order valence-corrected chi connectivity index (χ1v) is 8.57. The van der Waals surface area contributed by atoms with Crippen LogP contribution in [0.15, 0.2) is 35.7 Å². The van der Waals surface area contributed by atoms with Gasteiger partial charge in [-0.3, -0.25) is 9.59 Å². The predicted octanol–water partition coefficient (Wildman–Crippen LogP) is 2.22. The molecule has 1 heterocycles. The molecule has 25 heavy (non-hydrogen) atoms. The smallest absolute Gasteiger partial charge is 0.330 e. The molecule has 8 heteroatoms. The average molecular weight is 361 g/mol. The van der Waals surface area contributed by atoms with Gasteiger partial charge in [-0.25, -0.2) is 9.78 Å². The number of thiazole rings is 1. The van der Waals surface area contributed by atoms with E-state index in [1.165, 1.54) is 11.3 Å². The van der Waals surface area contributed by atoms with E-state index in [4.69, 9.17) is 0 Å². The lowest BCUT2D eigenvalue weighted by Gasteiger charge is -2.14. The van der Waals surface area contributed by atoms with Crippen LogP contribution in [-0.2, 0) is 20.8 Å². The first kappa shape index (κ1) is 18.6. The standard InChI is InChI=1S/C17H19N3O4S/c1-10(2)15(22)20-17-18-12(9-25-17)8-13(21)19-14(16(23)24)11-6-4-3-5-7-11/h3-7,9-10,14H,8H2,1-2H3,(H,19,21)(H,23,24)(H,18,20,22)/t14-/m1/s1. The third-order valence-corrected chi connectivity index (χ3v) is 4.14. The quantitative estimate of drug-likeness (QED) is 0.701. The second kappa shape index (κ2) is 8.39. The number of anilines is 1. The van der Waals surface area contributed by atoms with E-state index in [2.05, 4.69) is 15.6 Å². The maximum absolute atomic E-state index is 12.1. The third kappa shape index (κ3) is 5.39. The number of aliphatic carboxylic acids is 1. The summed E-state index contributed by atoms with van der Waals surface area (Å²) in [5, 5.41) is 16.5. The van der Waals surface area contributed by atoms with Crippen LogP contribution in [0.2, 0.25) is 0 Å². The second-order valence-corrected chi connectivity index (χ2v) is 6.57. The SMILES string of the molecule is CC(C)C(=O)Nc1nc(CC(=O)N[C@@H](C(=O)O)c2ccccc2)cs1. The van der Waals surface area contributed by atoms with E-state index < -0.39 is 17.9 Å². The minimum absolute atomic E-state index is 0.0648. The van der Waals surface area contributed by atoms with Gasteiger partial charge in [0.25, 0.3) is 0 Å². The molecule has 0 saturated heterocycles. The van der Waals surface area contributed by atoms with Gasteiger partial charge in [-0.2, -0.15) is 0 Å². The van der Waals surface area contributed by atoms with E-state index in [-0.39, 0.29) is 18.2 Å². The maximum Gasteiger partial charge on any atom is 0.330 e. The minimum atomic E-state index is -1.14. The number of hydrogen-bond donors (Lipinski definition) is 3. The third-order valence-electron chi connectivity index (χ3n) is 3.33. The topological polar surface area (TPSA) is 108 Å². The average Bonchev–Trinajstić information content (AvgIpc) is 2.99. The van der Waals surface area contributed by atoms with E-state index in [1.54, 1.807) is 49.6 Å². The van der Waals surface area contributed by atoms with Gasteiger partial charge in [0.15, 0.2) is 11.2 Å². The van der Waals surface area contributed by atoms with Crippen molar-refractivity contribution in [1.82, 2.24) is 10.3 Å². The summed E-state index contributed by atoms with van der Waals surface area (Å²) in [5.74, 6) is -1.91. The molecule has 0 unspecified atom stereocenters. The highest BCUT2D eigenvalue weighted by Crippen LogP contribution is 2.18. The van der Waals surface area contributed by atoms with Gasteiger partial charge in [0, 0.05) is 11.3 Å². The van der Waals surface area contributed by atoms with E-state index in [0.29, 0.717) is 16.4 Å². The fourth-order valence-corrected chi connectivity index (χ4v) is 2.72. The van der Waals surface area contributed by atoms with E-state index >= 15 is 0 Å². The Hall–Kier alpha value is -2.74. The summed E-state index contributed by atoms with van der Waals surface area (Å²) >= 11 is 1.22. The molecule has 3 N–H and O–H groups in total. The number of carboxylic acid groups (broad SMARTS) is 1. The van der Waals surface area contributed by atoms with Crippen molar-refractivity contribution in [1.29, 1.82) is 0 Å². The van der Waals surface area contributed by atoms with Crippen LogP contribution in [0.4, 0.5) is 5.13 Å². The Morgan fingerprint density at radius 3 is 2.48 bits per heavy atom. The molecule has 1 atom stereocenters. The molecule has 0 aliphatic heterocycles. The zero-order valence-electron chi connectivity index (χ0n) is 13.9. The molecule has 0 spiro atoms. The molecule has 0 radical (unpaired) electrons.